The molecule has 0 unspecified atom stereocenters. The van der Waals surface area contributed by atoms with Gasteiger partial charge in [0.1, 0.15) is 24.0 Å². The van der Waals surface area contributed by atoms with E-state index in [0.717, 1.165) is 34.3 Å². The summed E-state index contributed by atoms with van der Waals surface area (Å²) in [7, 11) is 0. The number of pyridine rings is 2. The van der Waals surface area contributed by atoms with Crippen molar-refractivity contribution >= 4 is 22.5 Å². The van der Waals surface area contributed by atoms with Crippen LogP contribution in [0.3, 0.4) is 0 Å². The van der Waals surface area contributed by atoms with Crippen molar-refractivity contribution in [2.45, 2.75) is 13.0 Å². The first kappa shape index (κ1) is 23.1. The molecule has 2 aromatic heterocycles. The van der Waals surface area contributed by atoms with E-state index in [4.69, 9.17) is 4.74 Å². The molecule has 0 saturated carbocycles. The minimum Gasteiger partial charge on any atom is -0.487 e. The first-order valence-corrected chi connectivity index (χ1v) is 11.3. The van der Waals surface area contributed by atoms with Crippen molar-refractivity contribution in [2.24, 2.45) is 0 Å². The number of carbonyl (C=O) groups is 1. The Kier molecular flexibility index (Phi) is 6.62. The number of aromatic nitrogens is 2. The Hall–Kier alpha value is -4.65. The van der Waals surface area contributed by atoms with E-state index in [1.807, 2.05) is 54.6 Å². The third-order valence-corrected chi connectivity index (χ3v) is 5.67. The molecule has 1 N–H and O–H groups in total. The van der Waals surface area contributed by atoms with Gasteiger partial charge in [0.25, 0.3) is 0 Å². The van der Waals surface area contributed by atoms with E-state index in [-0.39, 0.29) is 18.6 Å². The van der Waals surface area contributed by atoms with E-state index < -0.39 is 17.5 Å². The van der Waals surface area contributed by atoms with Crippen LogP contribution in [-0.2, 0) is 17.8 Å². The van der Waals surface area contributed by atoms with Crippen molar-refractivity contribution in [3.63, 3.8) is 0 Å². The van der Waals surface area contributed by atoms with E-state index in [9.17, 15) is 13.6 Å². The van der Waals surface area contributed by atoms with Gasteiger partial charge in [-0.3, -0.25) is 9.78 Å². The van der Waals surface area contributed by atoms with Crippen molar-refractivity contribution in [1.29, 1.82) is 0 Å². The number of nitrogens with zero attached hydrogens (tertiary/aromatic N) is 2. The summed E-state index contributed by atoms with van der Waals surface area (Å²) in [5.74, 6) is -1.28. The first-order chi connectivity index (χ1) is 17.5. The van der Waals surface area contributed by atoms with Gasteiger partial charge in [0.15, 0.2) is 0 Å². The number of hydrogen-bond donors (Lipinski definition) is 1. The Morgan fingerprint density at radius 3 is 2.56 bits per heavy atom. The summed E-state index contributed by atoms with van der Waals surface area (Å²) in [4.78, 5) is 21.4. The van der Waals surface area contributed by atoms with Gasteiger partial charge >= 0.3 is 0 Å². The predicted molar refractivity (Wildman–Crippen MR) is 134 cm³/mol. The largest absolute Gasteiger partial charge is 0.487 e. The average molecular weight is 482 g/mol. The van der Waals surface area contributed by atoms with Gasteiger partial charge in [0.05, 0.1) is 17.6 Å². The summed E-state index contributed by atoms with van der Waals surface area (Å²) < 4.78 is 33.2. The van der Waals surface area contributed by atoms with Gasteiger partial charge in [0.2, 0.25) is 5.91 Å². The number of halogens is 2. The van der Waals surface area contributed by atoms with Gasteiger partial charge in [-0.05, 0) is 59.7 Å². The molecule has 0 fully saturated rings. The lowest BCUT2D eigenvalue weighted by Crippen LogP contribution is -2.16. The van der Waals surface area contributed by atoms with E-state index in [1.54, 1.807) is 24.5 Å². The number of rotatable bonds is 7. The second-order valence-electron chi connectivity index (χ2n) is 8.19. The maximum Gasteiger partial charge on any atom is 0.228 e. The molecule has 7 heteroatoms. The monoisotopic (exact) mass is 481 g/mol. The summed E-state index contributed by atoms with van der Waals surface area (Å²) in [5.41, 5.74) is 3.87. The summed E-state index contributed by atoms with van der Waals surface area (Å²) in [6.07, 6.45) is 3.08. The molecule has 2 heterocycles. The Morgan fingerprint density at radius 2 is 1.72 bits per heavy atom. The number of carbonyl (C=O) groups excluding carboxylic acids is 1. The molecule has 5 rings (SSSR count). The molecule has 3 aromatic carbocycles. The Balaban J connectivity index is 1.36. The van der Waals surface area contributed by atoms with Crippen LogP contribution >= 0.6 is 0 Å². The fourth-order valence-electron chi connectivity index (χ4n) is 3.87. The molecule has 0 saturated heterocycles. The number of hydrogen-bond acceptors (Lipinski definition) is 4. The van der Waals surface area contributed by atoms with Crippen molar-refractivity contribution in [3.05, 3.63) is 120 Å². The van der Waals surface area contributed by atoms with Crippen LogP contribution in [0.2, 0.25) is 0 Å². The van der Waals surface area contributed by atoms with Crippen molar-refractivity contribution in [2.75, 3.05) is 5.32 Å². The van der Waals surface area contributed by atoms with Crippen LogP contribution in [-0.4, -0.2) is 15.9 Å². The Bertz CT molecular complexity index is 1540. The number of ether oxygens (including phenoxy) is 1. The highest BCUT2D eigenvalue weighted by atomic mass is 19.1. The molecule has 0 aliphatic rings. The topological polar surface area (TPSA) is 64.1 Å². The molecule has 1 amide bonds. The quantitative estimate of drug-likeness (QED) is 0.295. The van der Waals surface area contributed by atoms with E-state index in [2.05, 4.69) is 15.3 Å². The summed E-state index contributed by atoms with van der Waals surface area (Å²) >= 11 is 0. The number of amides is 1. The third-order valence-electron chi connectivity index (χ3n) is 5.67. The summed E-state index contributed by atoms with van der Waals surface area (Å²) in [6.45, 7) is 0.274. The van der Waals surface area contributed by atoms with E-state index in [1.165, 1.54) is 6.07 Å². The highest BCUT2D eigenvalue weighted by Crippen LogP contribution is 2.32. The normalized spacial score (nSPS) is 10.8. The SMILES string of the molecule is O=C(Cc1ccc(F)cc1F)Nc1ccc(OCc2ccc3ccccc3n2)cc1-c1ccncc1. The van der Waals surface area contributed by atoms with Gasteiger partial charge in [-0.25, -0.2) is 13.8 Å². The number of fused-ring (bicyclic) bond motifs is 1. The number of anilines is 1. The van der Waals surface area contributed by atoms with Gasteiger partial charge in [-0.2, -0.15) is 0 Å². The number of nitrogens with one attached hydrogen (secondary N) is 1. The smallest absolute Gasteiger partial charge is 0.228 e. The molecule has 0 aliphatic heterocycles. The molecule has 5 nitrogen and oxygen atoms in total. The molecule has 5 aromatic rings. The van der Waals surface area contributed by atoms with Gasteiger partial charge in [0, 0.05) is 35.1 Å². The second kappa shape index (κ2) is 10.3. The van der Waals surface area contributed by atoms with Crippen LogP contribution in [0.25, 0.3) is 22.0 Å². The van der Waals surface area contributed by atoms with Crippen LogP contribution in [0.15, 0.2) is 97.3 Å². The third kappa shape index (κ3) is 5.36. The van der Waals surface area contributed by atoms with Gasteiger partial charge in [-0.15, -0.1) is 0 Å². The van der Waals surface area contributed by atoms with Crippen LogP contribution in [0.1, 0.15) is 11.3 Å². The first-order valence-electron chi connectivity index (χ1n) is 11.3. The molecule has 0 bridgehead atoms. The molecular weight excluding hydrogens is 460 g/mol. The molecular formula is C29H21F2N3O2. The summed E-state index contributed by atoms with van der Waals surface area (Å²) in [5, 5.41) is 3.89. The lowest BCUT2D eigenvalue weighted by molar-refractivity contribution is -0.115. The fourth-order valence-corrected chi connectivity index (χ4v) is 3.87. The second-order valence-corrected chi connectivity index (χ2v) is 8.19. The molecule has 0 aliphatic carbocycles. The zero-order chi connectivity index (χ0) is 24.9. The number of para-hydroxylation sites is 1. The van der Waals surface area contributed by atoms with Crippen molar-refractivity contribution in [3.8, 4) is 16.9 Å². The van der Waals surface area contributed by atoms with Crippen molar-refractivity contribution < 1.29 is 18.3 Å². The fraction of sp³-hybridized carbons (Fsp3) is 0.0690. The highest BCUT2D eigenvalue weighted by molar-refractivity contribution is 5.96. The van der Waals surface area contributed by atoms with Gasteiger partial charge in [-0.1, -0.05) is 30.3 Å². The van der Waals surface area contributed by atoms with Crippen LogP contribution in [0, 0.1) is 11.6 Å². The zero-order valence-corrected chi connectivity index (χ0v) is 19.1. The molecule has 36 heavy (non-hydrogen) atoms. The predicted octanol–water partition coefficient (Wildman–Crippen LogP) is 6.34. The van der Waals surface area contributed by atoms with Gasteiger partial charge < -0.3 is 10.1 Å². The lowest BCUT2D eigenvalue weighted by atomic mass is 10.0. The van der Waals surface area contributed by atoms with E-state index >= 15 is 0 Å². The number of benzene rings is 3. The van der Waals surface area contributed by atoms with Crippen LogP contribution < -0.4 is 10.1 Å². The molecule has 0 atom stereocenters. The van der Waals surface area contributed by atoms with Crippen LogP contribution in [0.4, 0.5) is 14.5 Å². The summed E-state index contributed by atoms with van der Waals surface area (Å²) in [6, 6.07) is 23.9. The Labute approximate surface area is 206 Å². The van der Waals surface area contributed by atoms with E-state index in [0.29, 0.717) is 17.0 Å². The molecule has 0 spiro atoms. The van der Waals surface area contributed by atoms with Crippen LogP contribution in [0.5, 0.6) is 5.75 Å². The molecule has 178 valence electrons. The maximum absolute atomic E-state index is 14.0. The highest BCUT2D eigenvalue weighted by Gasteiger charge is 2.14. The average Bonchev–Trinajstić information content (AvgIpc) is 2.90. The Morgan fingerprint density at radius 1 is 0.889 bits per heavy atom. The molecule has 0 radical (unpaired) electrons. The minimum absolute atomic E-state index is 0.113. The zero-order valence-electron chi connectivity index (χ0n) is 19.1. The standard InChI is InChI=1S/C29H21F2N3O2/c30-22-7-5-21(26(31)16-22)15-29(35)34-28-10-9-24(17-25(28)19-11-13-32-14-12-19)36-18-23-8-6-20-3-1-2-4-27(20)33-23/h1-14,16-17H,15,18H2,(H,34,35). The van der Waals surface area contributed by atoms with Crippen molar-refractivity contribution in [1.82, 2.24) is 9.97 Å². The lowest BCUT2D eigenvalue weighted by Gasteiger charge is -2.14. The maximum atomic E-state index is 14.0. The minimum atomic E-state index is -0.759.